The predicted molar refractivity (Wildman–Crippen MR) is 165 cm³/mol. The number of aliphatic hydroxyl groups is 1. The molecule has 1 amide bonds. The summed E-state index contributed by atoms with van der Waals surface area (Å²) in [5.74, 6) is -0.816. The second kappa shape index (κ2) is 13.3. The summed E-state index contributed by atoms with van der Waals surface area (Å²) in [6, 6.07) is 2.14. The number of piperidine rings is 1. The largest absolute Gasteiger partial charge is 0.393 e. The first kappa shape index (κ1) is 31.8. The van der Waals surface area contributed by atoms with Crippen LogP contribution in [0.2, 0.25) is 5.02 Å². The highest BCUT2D eigenvalue weighted by atomic mass is 35.5. The van der Waals surface area contributed by atoms with Gasteiger partial charge in [-0.15, -0.1) is 0 Å². The Bertz CT molecular complexity index is 1710. The number of nitrogens with one attached hydrogen (secondary N) is 1. The Morgan fingerprint density at radius 2 is 1.91 bits per heavy atom. The summed E-state index contributed by atoms with van der Waals surface area (Å²) >= 11 is 5.82. The summed E-state index contributed by atoms with van der Waals surface area (Å²) in [5, 5.41) is 16.7. The highest BCUT2D eigenvalue weighted by molar-refractivity contribution is 6.31. The van der Waals surface area contributed by atoms with Gasteiger partial charge in [-0.05, 0) is 31.7 Å². The van der Waals surface area contributed by atoms with Gasteiger partial charge in [-0.2, -0.15) is 5.10 Å². The van der Waals surface area contributed by atoms with Crippen molar-refractivity contribution in [2.45, 2.75) is 51.3 Å². The molecule has 1 unspecified atom stereocenters. The number of likely N-dealkylation sites (tertiary alicyclic amines) is 1. The van der Waals surface area contributed by atoms with Crippen molar-refractivity contribution in [2.24, 2.45) is 5.92 Å². The molecular formula is C31H33ClF3N9O2. The molecule has 46 heavy (non-hydrogen) atoms. The zero-order valence-corrected chi connectivity index (χ0v) is 25.9. The maximum Gasteiger partial charge on any atom is 0.275 e. The standard InChI is InChI=1S/C31H33ClF3N9O2/c1-17-14-42(7-6-26(17)45)16-21-5-8-43(21)31-37-9-19(10-38-31)18(2)44-15-20(11-39-44)40-30(46)25-13-36-12-24(41-25)27-22(29(34)35)3-4-23(32)28(27)33/h3-4,9-13,15,17-18,21,26,29,45H,5-8,14,16H2,1-2H3,(H,40,46)/t17-,18?,21-,26-/m0/s1. The molecule has 242 valence electrons. The molecule has 15 heteroatoms. The Kier molecular flexibility index (Phi) is 9.20. The SMILES string of the molecule is CC(c1cnc(N2CC[C@H]2CN2CC[C@H](O)[C@@H](C)C2)nc1)n1cc(NC(=O)c2cncc(-c3c(C(F)F)ccc(Cl)c3F)n2)cn1. The van der Waals surface area contributed by atoms with Gasteiger partial charge in [0.15, 0.2) is 5.82 Å². The third-order valence-corrected chi connectivity index (χ3v) is 8.99. The monoisotopic (exact) mass is 655 g/mol. The van der Waals surface area contributed by atoms with Gasteiger partial charge in [0.05, 0.1) is 47.1 Å². The Morgan fingerprint density at radius 3 is 2.61 bits per heavy atom. The van der Waals surface area contributed by atoms with Crippen molar-refractivity contribution in [3.05, 3.63) is 77.0 Å². The summed E-state index contributed by atoms with van der Waals surface area (Å²) in [4.78, 5) is 34.8. The van der Waals surface area contributed by atoms with Gasteiger partial charge in [0.2, 0.25) is 5.95 Å². The maximum atomic E-state index is 14.8. The minimum atomic E-state index is -2.99. The molecule has 0 aliphatic carbocycles. The molecule has 4 aromatic rings. The van der Waals surface area contributed by atoms with Crippen LogP contribution in [0.5, 0.6) is 0 Å². The minimum Gasteiger partial charge on any atom is -0.393 e. The Balaban J connectivity index is 1.09. The van der Waals surface area contributed by atoms with Crippen molar-refractivity contribution in [3.63, 3.8) is 0 Å². The molecule has 2 saturated heterocycles. The van der Waals surface area contributed by atoms with Crippen LogP contribution in [0.3, 0.4) is 0 Å². The van der Waals surface area contributed by atoms with Crippen LogP contribution in [0.4, 0.5) is 24.8 Å². The fraction of sp³-hybridized carbons (Fsp3) is 0.419. The molecule has 0 radical (unpaired) electrons. The first-order valence-electron chi connectivity index (χ1n) is 15.0. The Hall–Kier alpha value is -4.14. The lowest BCUT2D eigenvalue weighted by molar-refractivity contribution is 0.0304. The van der Waals surface area contributed by atoms with Gasteiger partial charge >= 0.3 is 0 Å². The van der Waals surface area contributed by atoms with E-state index in [2.05, 4.69) is 47.1 Å². The quantitative estimate of drug-likeness (QED) is 0.256. The maximum absolute atomic E-state index is 14.8. The van der Waals surface area contributed by atoms with Crippen molar-refractivity contribution in [2.75, 3.05) is 36.4 Å². The van der Waals surface area contributed by atoms with Crippen LogP contribution in [-0.4, -0.2) is 84.0 Å². The molecule has 2 fully saturated rings. The lowest BCUT2D eigenvalue weighted by Gasteiger charge is -2.45. The number of aliphatic hydroxyl groups excluding tert-OH is 1. The van der Waals surface area contributed by atoms with Gasteiger partial charge < -0.3 is 20.2 Å². The molecule has 3 aromatic heterocycles. The summed E-state index contributed by atoms with van der Waals surface area (Å²) in [6.07, 6.45) is 7.51. The van der Waals surface area contributed by atoms with E-state index in [0.29, 0.717) is 17.7 Å². The number of hydrogen-bond donors (Lipinski definition) is 2. The number of alkyl halides is 2. The van der Waals surface area contributed by atoms with E-state index in [1.54, 1.807) is 23.3 Å². The molecule has 2 N–H and O–H groups in total. The molecule has 5 heterocycles. The van der Waals surface area contributed by atoms with Gasteiger partial charge in [-0.1, -0.05) is 24.6 Å². The molecule has 1 aromatic carbocycles. The predicted octanol–water partition coefficient (Wildman–Crippen LogP) is 5.00. The average molecular weight is 656 g/mol. The molecule has 6 rings (SSSR count). The number of benzene rings is 1. The molecule has 4 atom stereocenters. The first-order valence-corrected chi connectivity index (χ1v) is 15.4. The number of aromatic nitrogens is 6. The van der Waals surface area contributed by atoms with E-state index in [1.807, 2.05) is 6.92 Å². The van der Waals surface area contributed by atoms with Gasteiger partial charge in [-0.25, -0.2) is 28.1 Å². The molecule has 2 aliphatic heterocycles. The average Bonchev–Trinajstić information content (AvgIpc) is 3.50. The molecule has 0 saturated carbocycles. The lowest BCUT2D eigenvalue weighted by Crippen LogP contribution is -2.56. The normalized spacial score (nSPS) is 20.9. The molecular weight excluding hydrogens is 623 g/mol. The fourth-order valence-corrected chi connectivity index (χ4v) is 6.00. The third kappa shape index (κ3) is 6.55. The van der Waals surface area contributed by atoms with Crippen LogP contribution in [0.25, 0.3) is 11.3 Å². The number of amides is 1. The molecule has 2 aliphatic rings. The van der Waals surface area contributed by atoms with E-state index in [0.717, 1.165) is 69.1 Å². The van der Waals surface area contributed by atoms with Crippen LogP contribution >= 0.6 is 11.6 Å². The van der Waals surface area contributed by atoms with Crippen molar-refractivity contribution in [1.82, 2.24) is 34.6 Å². The van der Waals surface area contributed by atoms with E-state index in [-0.39, 0.29) is 34.5 Å². The van der Waals surface area contributed by atoms with E-state index in [9.17, 15) is 23.1 Å². The second-order valence-electron chi connectivity index (χ2n) is 11.8. The van der Waals surface area contributed by atoms with Crippen molar-refractivity contribution in [1.29, 1.82) is 0 Å². The highest BCUT2D eigenvalue weighted by Crippen LogP contribution is 2.35. The Morgan fingerprint density at radius 1 is 1.13 bits per heavy atom. The van der Waals surface area contributed by atoms with Crippen molar-refractivity contribution in [3.8, 4) is 11.3 Å². The number of halogens is 4. The summed E-state index contributed by atoms with van der Waals surface area (Å²) < 4.78 is 43.6. The summed E-state index contributed by atoms with van der Waals surface area (Å²) in [7, 11) is 0. The van der Waals surface area contributed by atoms with Crippen LogP contribution in [0.15, 0.2) is 49.3 Å². The van der Waals surface area contributed by atoms with E-state index in [1.165, 1.54) is 6.20 Å². The van der Waals surface area contributed by atoms with Crippen molar-refractivity contribution >= 4 is 29.1 Å². The number of rotatable bonds is 9. The number of carbonyl (C=O) groups excluding carboxylic acids is 1. The van der Waals surface area contributed by atoms with Gasteiger partial charge in [-0.3, -0.25) is 14.5 Å². The van der Waals surface area contributed by atoms with E-state index >= 15 is 0 Å². The number of nitrogens with zero attached hydrogens (tertiary/aromatic N) is 8. The van der Waals surface area contributed by atoms with Crippen LogP contribution < -0.4 is 10.2 Å². The number of carbonyl (C=O) groups is 1. The summed E-state index contributed by atoms with van der Waals surface area (Å²) in [5.41, 5.74) is -0.412. The van der Waals surface area contributed by atoms with Crippen molar-refractivity contribution < 1.29 is 23.1 Å². The highest BCUT2D eigenvalue weighted by Gasteiger charge is 2.34. The first-order chi connectivity index (χ1) is 22.1. The number of anilines is 2. The summed E-state index contributed by atoms with van der Waals surface area (Å²) in [6.45, 7) is 7.60. The molecule has 0 bridgehead atoms. The van der Waals surface area contributed by atoms with E-state index < -0.39 is 29.3 Å². The minimum absolute atomic E-state index is 0.210. The van der Waals surface area contributed by atoms with E-state index in [4.69, 9.17) is 11.6 Å². The molecule has 11 nitrogen and oxygen atoms in total. The topological polar surface area (TPSA) is 125 Å². The van der Waals surface area contributed by atoms with Gasteiger partial charge in [0.25, 0.3) is 12.3 Å². The number of hydrogen-bond acceptors (Lipinski definition) is 9. The zero-order valence-electron chi connectivity index (χ0n) is 25.2. The smallest absolute Gasteiger partial charge is 0.275 e. The van der Waals surface area contributed by atoms with Crippen LogP contribution in [-0.2, 0) is 0 Å². The fourth-order valence-electron chi connectivity index (χ4n) is 5.84. The van der Waals surface area contributed by atoms with Crippen LogP contribution in [0, 0.1) is 11.7 Å². The van der Waals surface area contributed by atoms with Gasteiger partial charge in [0.1, 0.15) is 5.69 Å². The Labute approximate surface area is 268 Å². The molecule has 0 spiro atoms. The second-order valence-corrected chi connectivity index (χ2v) is 12.2. The lowest BCUT2D eigenvalue weighted by atomic mass is 9.95. The zero-order chi connectivity index (χ0) is 32.5. The van der Waals surface area contributed by atoms with Gasteiger partial charge in [0, 0.05) is 67.5 Å². The third-order valence-electron chi connectivity index (χ3n) is 8.70. The van der Waals surface area contributed by atoms with Crippen LogP contribution in [0.1, 0.15) is 60.8 Å².